The van der Waals surface area contributed by atoms with Crippen molar-refractivity contribution in [1.82, 2.24) is 4.98 Å². The molecule has 8 heteroatoms. The fraction of sp³-hybridized carbons (Fsp3) is 0.250. The van der Waals surface area contributed by atoms with Crippen molar-refractivity contribution in [2.75, 3.05) is 11.4 Å². The highest BCUT2D eigenvalue weighted by atomic mass is 19.1. The zero-order valence-corrected chi connectivity index (χ0v) is 17.5. The highest BCUT2D eigenvalue weighted by molar-refractivity contribution is 5.78. The Morgan fingerprint density at radius 2 is 2.00 bits per heavy atom. The largest absolute Gasteiger partial charge is 0.480 e. The number of hydrogen-bond donors (Lipinski definition) is 2. The zero-order chi connectivity index (χ0) is 22.8. The van der Waals surface area contributed by atoms with Crippen molar-refractivity contribution < 1.29 is 23.4 Å². The summed E-state index contributed by atoms with van der Waals surface area (Å²) >= 11 is 0. The minimum atomic E-state index is -1.07. The van der Waals surface area contributed by atoms with Gasteiger partial charge in [-0.15, -0.1) is 0 Å². The summed E-state index contributed by atoms with van der Waals surface area (Å²) in [5, 5.41) is 9.40. The van der Waals surface area contributed by atoms with Gasteiger partial charge < -0.3 is 20.5 Å². The maximum absolute atomic E-state index is 14.5. The number of ether oxygens (including phenoxy) is 1. The molecule has 0 aliphatic carbocycles. The van der Waals surface area contributed by atoms with Crippen LogP contribution in [0.15, 0.2) is 48.5 Å². The van der Waals surface area contributed by atoms with Crippen LogP contribution in [0.2, 0.25) is 0 Å². The van der Waals surface area contributed by atoms with Crippen molar-refractivity contribution in [2.24, 2.45) is 5.73 Å². The second-order valence-electron chi connectivity index (χ2n) is 7.81. The number of pyridine rings is 1. The minimum Gasteiger partial charge on any atom is -0.480 e. The molecule has 3 N–H and O–H groups in total. The van der Waals surface area contributed by atoms with Gasteiger partial charge in [0.05, 0.1) is 0 Å². The number of benzene rings is 2. The molecule has 1 atom stereocenters. The predicted octanol–water partition coefficient (Wildman–Crippen LogP) is 4.64. The first-order valence-corrected chi connectivity index (χ1v) is 10.3. The Labute approximate surface area is 184 Å². The SMILES string of the molecule is Cc1cc(Oc2nc(N3CCCC3C(=O)O)c(F)cc2F)cc(-c2cccc(CN)c2)c1. The van der Waals surface area contributed by atoms with Crippen molar-refractivity contribution in [1.29, 1.82) is 0 Å². The van der Waals surface area contributed by atoms with Gasteiger partial charge in [-0.2, -0.15) is 4.98 Å². The van der Waals surface area contributed by atoms with Crippen LogP contribution in [-0.2, 0) is 11.3 Å². The highest BCUT2D eigenvalue weighted by Crippen LogP contribution is 2.33. The van der Waals surface area contributed by atoms with E-state index in [-0.39, 0.29) is 5.82 Å². The van der Waals surface area contributed by atoms with Crippen LogP contribution in [0.25, 0.3) is 11.1 Å². The van der Waals surface area contributed by atoms with Crippen molar-refractivity contribution in [2.45, 2.75) is 32.4 Å². The Kier molecular flexibility index (Phi) is 6.05. The second kappa shape index (κ2) is 8.92. The number of rotatable bonds is 6. The minimum absolute atomic E-state index is 0.227. The van der Waals surface area contributed by atoms with Crippen LogP contribution >= 0.6 is 0 Å². The van der Waals surface area contributed by atoms with Gasteiger partial charge >= 0.3 is 5.97 Å². The van der Waals surface area contributed by atoms with Crippen molar-refractivity contribution >= 4 is 11.8 Å². The number of aliphatic carboxylic acids is 1. The number of halogens is 2. The predicted molar refractivity (Wildman–Crippen MR) is 117 cm³/mol. The molecule has 3 aromatic rings. The second-order valence-corrected chi connectivity index (χ2v) is 7.81. The molecule has 0 amide bonds. The van der Waals surface area contributed by atoms with Gasteiger partial charge in [0.1, 0.15) is 11.8 Å². The number of carboxylic acids is 1. The molecule has 1 aromatic heterocycles. The maximum atomic E-state index is 14.5. The molecule has 0 saturated carbocycles. The summed E-state index contributed by atoms with van der Waals surface area (Å²) in [4.78, 5) is 16.8. The summed E-state index contributed by atoms with van der Waals surface area (Å²) in [5.41, 5.74) is 9.37. The molecule has 1 aliphatic rings. The number of carboxylic acid groups (broad SMARTS) is 1. The lowest BCUT2D eigenvalue weighted by Crippen LogP contribution is -2.37. The molecule has 6 nitrogen and oxygen atoms in total. The molecule has 1 fully saturated rings. The van der Waals surface area contributed by atoms with Gasteiger partial charge in [-0.05, 0) is 60.2 Å². The van der Waals surface area contributed by atoms with Gasteiger partial charge in [0.2, 0.25) is 0 Å². The van der Waals surface area contributed by atoms with Crippen LogP contribution in [0, 0.1) is 18.6 Å². The van der Waals surface area contributed by atoms with E-state index in [1.807, 2.05) is 37.3 Å². The van der Waals surface area contributed by atoms with E-state index < -0.39 is 29.5 Å². The summed E-state index contributed by atoms with van der Waals surface area (Å²) in [5.74, 6) is -3.27. The molecule has 4 rings (SSSR count). The van der Waals surface area contributed by atoms with Crippen LogP contribution in [0.5, 0.6) is 11.6 Å². The molecule has 1 saturated heterocycles. The topological polar surface area (TPSA) is 88.7 Å². The molecule has 32 heavy (non-hydrogen) atoms. The average molecular weight is 439 g/mol. The standard InChI is InChI=1S/C24H23F2N3O3/c1-14-8-17(16-5-2-4-15(10-16)13-27)11-18(9-14)32-23-20(26)12-19(25)22(28-23)29-7-3-6-21(29)24(30)31/h2,4-5,8-12,21H,3,6-7,13,27H2,1H3,(H,30,31). The van der Waals surface area contributed by atoms with Gasteiger partial charge in [0.25, 0.3) is 5.88 Å². The lowest BCUT2D eigenvalue weighted by molar-refractivity contribution is -0.138. The van der Waals surface area contributed by atoms with E-state index in [9.17, 15) is 18.7 Å². The molecule has 2 heterocycles. The average Bonchev–Trinajstić information content (AvgIpc) is 3.25. The van der Waals surface area contributed by atoms with E-state index in [2.05, 4.69) is 4.98 Å². The summed E-state index contributed by atoms with van der Waals surface area (Å²) in [6.07, 6.45) is 0.946. The van der Waals surface area contributed by atoms with Crippen molar-refractivity contribution in [3.8, 4) is 22.8 Å². The maximum Gasteiger partial charge on any atom is 0.326 e. The number of carbonyl (C=O) groups is 1. The Morgan fingerprint density at radius 3 is 2.75 bits per heavy atom. The van der Waals surface area contributed by atoms with E-state index in [1.165, 1.54) is 4.90 Å². The van der Waals surface area contributed by atoms with Crippen molar-refractivity contribution in [3.63, 3.8) is 0 Å². The van der Waals surface area contributed by atoms with Gasteiger partial charge in [-0.25, -0.2) is 13.6 Å². The first-order valence-electron chi connectivity index (χ1n) is 10.3. The number of aromatic nitrogens is 1. The summed E-state index contributed by atoms with van der Waals surface area (Å²) in [6.45, 7) is 2.60. The zero-order valence-electron chi connectivity index (χ0n) is 17.5. The summed E-state index contributed by atoms with van der Waals surface area (Å²) < 4.78 is 34.7. The third kappa shape index (κ3) is 4.40. The number of hydrogen-bond acceptors (Lipinski definition) is 5. The Balaban J connectivity index is 1.68. The number of nitrogens with zero attached hydrogens (tertiary/aromatic N) is 2. The lowest BCUT2D eigenvalue weighted by atomic mass is 10.0. The normalized spacial score (nSPS) is 15.8. The summed E-state index contributed by atoms with van der Waals surface area (Å²) in [7, 11) is 0. The Hall–Kier alpha value is -3.52. The molecule has 0 spiro atoms. The van der Waals surface area contributed by atoms with Gasteiger partial charge in [-0.3, -0.25) is 0 Å². The fourth-order valence-electron chi connectivity index (χ4n) is 3.95. The van der Waals surface area contributed by atoms with Crippen LogP contribution in [0.4, 0.5) is 14.6 Å². The van der Waals surface area contributed by atoms with E-state index in [0.29, 0.717) is 37.7 Å². The summed E-state index contributed by atoms with van der Waals surface area (Å²) in [6, 6.07) is 12.9. The molecule has 0 bridgehead atoms. The van der Waals surface area contributed by atoms with E-state index in [4.69, 9.17) is 10.5 Å². The molecule has 166 valence electrons. The third-order valence-electron chi connectivity index (χ3n) is 5.45. The molecule has 2 aromatic carbocycles. The molecule has 1 unspecified atom stereocenters. The number of nitrogens with two attached hydrogens (primary N) is 1. The molecular weight excluding hydrogens is 416 g/mol. The van der Waals surface area contributed by atoms with E-state index in [0.717, 1.165) is 22.3 Å². The van der Waals surface area contributed by atoms with Crippen LogP contribution < -0.4 is 15.4 Å². The van der Waals surface area contributed by atoms with Gasteiger partial charge in [-0.1, -0.05) is 24.3 Å². The highest BCUT2D eigenvalue weighted by Gasteiger charge is 2.34. The first-order chi connectivity index (χ1) is 15.4. The number of aryl methyl sites for hydroxylation is 1. The first kappa shape index (κ1) is 21.7. The van der Waals surface area contributed by atoms with Gasteiger partial charge in [0.15, 0.2) is 17.5 Å². The van der Waals surface area contributed by atoms with E-state index in [1.54, 1.807) is 12.1 Å². The molecule has 0 radical (unpaired) electrons. The van der Waals surface area contributed by atoms with Crippen LogP contribution in [0.1, 0.15) is 24.0 Å². The van der Waals surface area contributed by atoms with Crippen LogP contribution in [-0.4, -0.2) is 28.6 Å². The quantitative estimate of drug-likeness (QED) is 0.582. The van der Waals surface area contributed by atoms with Gasteiger partial charge in [0, 0.05) is 19.2 Å². The third-order valence-corrected chi connectivity index (χ3v) is 5.45. The number of anilines is 1. The lowest BCUT2D eigenvalue weighted by Gasteiger charge is -2.23. The Bertz CT molecular complexity index is 1170. The monoisotopic (exact) mass is 439 g/mol. The smallest absolute Gasteiger partial charge is 0.326 e. The molecular formula is C24H23F2N3O3. The fourth-order valence-corrected chi connectivity index (χ4v) is 3.95. The van der Waals surface area contributed by atoms with E-state index >= 15 is 0 Å². The van der Waals surface area contributed by atoms with Crippen molar-refractivity contribution in [3.05, 3.63) is 71.3 Å². The molecule has 1 aliphatic heterocycles. The van der Waals surface area contributed by atoms with Crippen LogP contribution in [0.3, 0.4) is 0 Å². The Morgan fingerprint density at radius 1 is 1.19 bits per heavy atom.